The van der Waals surface area contributed by atoms with Gasteiger partial charge in [-0.1, -0.05) is 6.07 Å². The lowest BCUT2D eigenvalue weighted by atomic mass is 10.1. The second-order valence-corrected chi connectivity index (χ2v) is 4.59. The molecular formula is C17H17ClO4. The van der Waals surface area contributed by atoms with E-state index in [0.717, 1.165) is 0 Å². The molecule has 5 heteroatoms. The number of ether oxygens (including phenoxy) is 4. The normalized spacial score (nSPS) is 26.0. The number of benzene rings is 2. The molecular weight excluding hydrogens is 304 g/mol. The molecule has 0 amide bonds. The van der Waals surface area contributed by atoms with E-state index in [1.165, 1.54) is 30.3 Å². The summed E-state index contributed by atoms with van der Waals surface area (Å²) in [6.45, 7) is -9.03. The van der Waals surface area contributed by atoms with Crippen LogP contribution in [0, 0.1) is 13.7 Å². The molecule has 0 saturated carbocycles. The van der Waals surface area contributed by atoms with Crippen LogP contribution >= 0.6 is 11.6 Å². The zero-order chi connectivity index (χ0) is 24.1. The van der Waals surface area contributed by atoms with Crippen LogP contribution in [-0.4, -0.2) is 13.5 Å². The van der Waals surface area contributed by atoms with Gasteiger partial charge in [-0.3, -0.25) is 0 Å². The highest BCUT2D eigenvalue weighted by atomic mass is 35.5. The molecule has 22 heavy (non-hydrogen) atoms. The molecule has 0 fully saturated rings. The van der Waals surface area contributed by atoms with Gasteiger partial charge in [-0.2, -0.15) is 0 Å². The molecule has 0 unspecified atom stereocenters. The number of alkyl halides is 1. The van der Waals surface area contributed by atoms with Crippen LogP contribution in [0.1, 0.15) is 30.4 Å². The molecule has 0 N–H and O–H groups in total. The van der Waals surface area contributed by atoms with Crippen LogP contribution in [0.2, 0.25) is 0 Å². The zero-order valence-electron chi connectivity index (χ0n) is 21.1. The van der Waals surface area contributed by atoms with Crippen molar-refractivity contribution < 1.29 is 32.7 Å². The highest BCUT2D eigenvalue weighted by Crippen LogP contribution is 2.35. The summed E-state index contributed by atoms with van der Waals surface area (Å²) in [5, 5.41) is 0. The molecule has 2 aliphatic heterocycles. The molecule has 2 aromatic rings. The molecule has 0 radical (unpaired) electrons. The first kappa shape index (κ1) is 7.01. The monoisotopic (exact) mass is 330 g/mol. The van der Waals surface area contributed by atoms with Gasteiger partial charge in [0.25, 0.3) is 0 Å². The van der Waals surface area contributed by atoms with Crippen molar-refractivity contribution in [2.24, 2.45) is 0 Å². The van der Waals surface area contributed by atoms with Gasteiger partial charge in [-0.25, -0.2) is 0 Å². The van der Waals surface area contributed by atoms with E-state index in [0.29, 0.717) is 5.56 Å². The lowest BCUT2D eigenvalue weighted by Crippen LogP contribution is -1.92. The van der Waals surface area contributed by atoms with Crippen molar-refractivity contribution in [3.05, 3.63) is 47.0 Å². The largest absolute Gasteiger partial charge is 0.454 e. The van der Waals surface area contributed by atoms with Crippen LogP contribution < -0.4 is 18.9 Å². The fourth-order valence-electron chi connectivity index (χ4n) is 1.77. The smallest absolute Gasteiger partial charge is 0.231 e. The Labute approximate surface area is 148 Å². The van der Waals surface area contributed by atoms with E-state index in [4.69, 9.17) is 44.3 Å². The van der Waals surface area contributed by atoms with E-state index in [-0.39, 0.29) is 40.0 Å². The van der Waals surface area contributed by atoms with Gasteiger partial charge in [0.15, 0.2) is 23.0 Å². The van der Waals surface area contributed by atoms with Crippen molar-refractivity contribution in [3.63, 3.8) is 0 Å². The molecule has 0 bridgehead atoms. The predicted molar refractivity (Wildman–Crippen MR) is 84.2 cm³/mol. The fourth-order valence-corrected chi connectivity index (χ4v) is 1.99. The first-order valence-corrected chi connectivity index (χ1v) is 6.68. The minimum atomic E-state index is -2.32. The van der Waals surface area contributed by atoms with Crippen molar-refractivity contribution in [1.82, 2.24) is 0 Å². The molecule has 4 rings (SSSR count). The maximum atomic E-state index is 7.36. The highest BCUT2D eigenvalue weighted by molar-refractivity contribution is 6.17. The van der Waals surface area contributed by atoms with E-state index in [1.54, 1.807) is 0 Å². The SMILES string of the molecule is [2H]C1([2H])Oc2cc(CCl)c(C([2H])([2H])[2H])cc2O1.[2H]C1([2H])Oc2ccc(C([2H])([2H])[2H])cc2O1. The zero-order valence-corrected chi connectivity index (χ0v) is 11.9. The Bertz CT molecular complexity index is 1020. The van der Waals surface area contributed by atoms with Crippen LogP contribution in [-0.2, 0) is 5.88 Å². The van der Waals surface area contributed by atoms with Gasteiger partial charge in [0.05, 0.1) is 0 Å². The number of fused-ring (bicyclic) bond motifs is 2. The second-order valence-electron chi connectivity index (χ2n) is 4.33. The number of halogens is 1. The average molecular weight is 331 g/mol. The van der Waals surface area contributed by atoms with Crippen molar-refractivity contribution in [1.29, 1.82) is 0 Å². The summed E-state index contributed by atoms with van der Waals surface area (Å²) in [6, 6.07) is 6.69. The Morgan fingerprint density at radius 3 is 2.32 bits per heavy atom. The third-order valence-corrected chi connectivity index (χ3v) is 3.15. The molecule has 0 aliphatic carbocycles. The van der Waals surface area contributed by atoms with Crippen molar-refractivity contribution in [3.8, 4) is 23.0 Å². The van der Waals surface area contributed by atoms with E-state index in [1.807, 2.05) is 0 Å². The Kier molecular flexibility index (Phi) is 2.03. The summed E-state index contributed by atoms with van der Waals surface area (Å²) >= 11 is 5.67. The Hall–Kier alpha value is -2.07. The van der Waals surface area contributed by atoms with E-state index in [2.05, 4.69) is 0 Å². The summed E-state index contributed by atoms with van der Waals surface area (Å²) in [5.41, 5.74) is 0.529. The third kappa shape index (κ3) is 3.07. The highest BCUT2D eigenvalue weighted by Gasteiger charge is 2.14. The van der Waals surface area contributed by atoms with E-state index in [9.17, 15) is 0 Å². The molecule has 2 heterocycles. The lowest BCUT2D eigenvalue weighted by Gasteiger charge is -2.03. The Morgan fingerprint density at radius 1 is 0.955 bits per heavy atom. The van der Waals surface area contributed by atoms with E-state index < -0.39 is 27.2 Å². The molecule has 4 nitrogen and oxygen atoms in total. The first-order chi connectivity index (χ1) is 14.5. The first-order valence-electron chi connectivity index (χ1n) is 11.1. The van der Waals surface area contributed by atoms with Gasteiger partial charge in [0.1, 0.15) is 5.48 Å². The van der Waals surface area contributed by atoms with Crippen molar-refractivity contribution in [2.45, 2.75) is 19.6 Å². The Balaban J connectivity index is 0.000000182. The lowest BCUT2D eigenvalue weighted by molar-refractivity contribution is 0.173. The number of hydrogen-bond acceptors (Lipinski definition) is 4. The van der Waals surface area contributed by atoms with Crippen molar-refractivity contribution >= 4 is 11.6 Å². The van der Waals surface area contributed by atoms with Gasteiger partial charge in [0, 0.05) is 14.1 Å². The Morgan fingerprint density at radius 2 is 1.64 bits per heavy atom. The van der Waals surface area contributed by atoms with Crippen LogP contribution in [0.4, 0.5) is 0 Å². The van der Waals surface area contributed by atoms with Crippen LogP contribution in [0.25, 0.3) is 0 Å². The van der Waals surface area contributed by atoms with Crippen LogP contribution in [0.5, 0.6) is 23.0 Å². The standard InChI is InChI=1S/C9H9ClO2.C8H8O2/c1-6-2-8-9(12-5-11-8)3-7(6)4-10;1-6-2-3-7-8(4-6)10-5-9-7/h2-3H,4-5H2,1H3;2-4H,5H2,1H3/i2*1D3,5D2. The van der Waals surface area contributed by atoms with E-state index >= 15 is 0 Å². The second kappa shape index (κ2) is 6.36. The summed E-state index contributed by atoms with van der Waals surface area (Å²) in [5.74, 6) is 0.586. The minimum Gasteiger partial charge on any atom is -0.454 e. The number of aryl methyl sites for hydroxylation is 2. The molecule has 0 atom stereocenters. The third-order valence-electron chi connectivity index (χ3n) is 2.86. The quantitative estimate of drug-likeness (QED) is 0.735. The number of rotatable bonds is 1. The van der Waals surface area contributed by atoms with Crippen LogP contribution in [0.15, 0.2) is 30.3 Å². The van der Waals surface area contributed by atoms with Crippen molar-refractivity contribution in [2.75, 3.05) is 13.5 Å². The summed E-state index contributed by atoms with van der Waals surface area (Å²) in [7, 11) is 0. The molecule has 0 saturated heterocycles. The van der Waals surface area contributed by atoms with Gasteiger partial charge in [-0.15, -0.1) is 11.6 Å². The van der Waals surface area contributed by atoms with Crippen LogP contribution in [0.3, 0.4) is 0 Å². The van der Waals surface area contributed by atoms with Gasteiger partial charge in [-0.05, 0) is 54.7 Å². The predicted octanol–water partition coefficient (Wildman–Crippen LogP) is 4.19. The van der Waals surface area contributed by atoms with Gasteiger partial charge < -0.3 is 18.9 Å². The molecule has 116 valence electrons. The number of hydrogen-bond donors (Lipinski definition) is 0. The maximum Gasteiger partial charge on any atom is 0.231 e. The van der Waals surface area contributed by atoms with Gasteiger partial charge in [0.2, 0.25) is 13.5 Å². The topological polar surface area (TPSA) is 36.9 Å². The molecule has 2 aromatic carbocycles. The van der Waals surface area contributed by atoms with Gasteiger partial charge >= 0.3 is 0 Å². The minimum absolute atomic E-state index is 0.00730. The molecule has 2 aliphatic rings. The summed E-state index contributed by atoms with van der Waals surface area (Å²) in [6.07, 6.45) is 0. The summed E-state index contributed by atoms with van der Waals surface area (Å²) < 4.78 is 91.8. The molecule has 0 spiro atoms. The molecule has 0 aromatic heterocycles. The fraction of sp³-hybridized carbons (Fsp3) is 0.294. The summed E-state index contributed by atoms with van der Waals surface area (Å²) in [4.78, 5) is 0. The maximum absolute atomic E-state index is 7.36. The average Bonchev–Trinajstić information content (AvgIpc) is 3.10.